The van der Waals surface area contributed by atoms with Crippen LogP contribution in [0.15, 0.2) is 24.3 Å². The van der Waals surface area contributed by atoms with Crippen molar-refractivity contribution in [3.05, 3.63) is 35.6 Å². The molecule has 0 aromatic heterocycles. The Kier molecular flexibility index (Phi) is 6.23. The van der Waals surface area contributed by atoms with Gasteiger partial charge >= 0.3 is 35.8 Å². The fraction of sp³-hybridized carbons (Fsp3) is 0.571. The van der Waals surface area contributed by atoms with E-state index in [2.05, 4.69) is 0 Å². The van der Waals surface area contributed by atoms with Crippen molar-refractivity contribution in [1.29, 1.82) is 0 Å². The summed E-state index contributed by atoms with van der Waals surface area (Å²) >= 11 is 0. The molecule has 168 valence electrons. The number of hydrogen-bond donors (Lipinski definition) is 1. The topological polar surface area (TPSA) is 20.2 Å². The van der Waals surface area contributed by atoms with Crippen LogP contribution in [0.2, 0.25) is 0 Å². The van der Waals surface area contributed by atoms with Crippen LogP contribution in [0.1, 0.15) is 18.1 Å². The lowest BCUT2D eigenvalue weighted by molar-refractivity contribution is -0.440. The zero-order chi connectivity index (χ0) is 23.3. The minimum Gasteiger partial charge on any atom is -0.388 e. The summed E-state index contributed by atoms with van der Waals surface area (Å²) in [6, 6.07) is 2.80. The minimum atomic E-state index is -8.02. The lowest BCUT2D eigenvalue weighted by Crippen LogP contribution is -2.70. The van der Waals surface area contributed by atoms with E-state index in [1.54, 1.807) is 0 Å². The number of rotatable bonds is 7. The first-order valence-corrected chi connectivity index (χ1v) is 7.03. The maximum atomic E-state index is 13.6. The van der Waals surface area contributed by atoms with Crippen molar-refractivity contribution in [2.45, 2.75) is 48.3 Å². The number of hydrogen-bond acceptors (Lipinski definition) is 1. The van der Waals surface area contributed by atoms with Gasteiger partial charge in [-0.25, -0.2) is 4.39 Å². The van der Waals surface area contributed by atoms with Crippen molar-refractivity contribution in [2.24, 2.45) is 0 Å². The molecule has 0 aliphatic heterocycles. The van der Waals surface area contributed by atoms with Crippen molar-refractivity contribution in [1.82, 2.24) is 0 Å². The van der Waals surface area contributed by atoms with Crippen molar-refractivity contribution in [3.63, 3.8) is 0 Å². The van der Waals surface area contributed by atoms with Crippen LogP contribution in [0.3, 0.4) is 0 Å². The fourth-order valence-corrected chi connectivity index (χ4v) is 2.03. The van der Waals surface area contributed by atoms with Crippen LogP contribution in [-0.4, -0.2) is 40.9 Å². The van der Waals surface area contributed by atoms with Gasteiger partial charge in [0.1, 0.15) is 5.82 Å². The van der Waals surface area contributed by atoms with Gasteiger partial charge in [-0.15, -0.1) is 0 Å². The molecule has 0 aliphatic carbocycles. The van der Waals surface area contributed by atoms with E-state index in [1.807, 2.05) is 0 Å². The molecule has 15 heteroatoms. The summed E-state index contributed by atoms with van der Waals surface area (Å²) in [5.41, 5.74) is -1.18. The summed E-state index contributed by atoms with van der Waals surface area (Å²) in [7, 11) is 0. The summed E-state index contributed by atoms with van der Waals surface area (Å²) in [5, 5.41) is 9.34. The third-order valence-electron chi connectivity index (χ3n) is 3.71. The van der Waals surface area contributed by atoms with Crippen LogP contribution in [0, 0.1) is 5.82 Å². The first-order chi connectivity index (χ1) is 12.6. The summed E-state index contributed by atoms with van der Waals surface area (Å²) < 4.78 is 181. The summed E-state index contributed by atoms with van der Waals surface area (Å²) in [6.07, 6.45) is -13.5. The highest BCUT2D eigenvalue weighted by molar-refractivity contribution is 5.21. The lowest BCUT2D eigenvalue weighted by atomic mass is 9.90. The molecule has 0 fully saturated rings. The van der Waals surface area contributed by atoms with Gasteiger partial charge < -0.3 is 5.11 Å². The van der Waals surface area contributed by atoms with Crippen LogP contribution >= 0.6 is 0 Å². The van der Waals surface area contributed by atoms with Gasteiger partial charge in [0.15, 0.2) is 0 Å². The molecular formula is C14H8F14O. The molecule has 0 amide bonds. The van der Waals surface area contributed by atoms with Crippen LogP contribution in [0.5, 0.6) is 0 Å². The van der Waals surface area contributed by atoms with Crippen LogP contribution in [-0.2, 0) is 0 Å². The molecule has 0 saturated carbocycles. The molecule has 0 heterocycles. The van der Waals surface area contributed by atoms with Crippen LogP contribution in [0.25, 0.3) is 0 Å². The van der Waals surface area contributed by atoms with Crippen molar-refractivity contribution in [3.8, 4) is 0 Å². The van der Waals surface area contributed by atoms with E-state index in [-0.39, 0.29) is 0 Å². The second-order valence-corrected chi connectivity index (χ2v) is 5.74. The average molecular weight is 458 g/mol. The van der Waals surface area contributed by atoms with E-state index in [0.29, 0.717) is 12.1 Å². The first kappa shape index (κ1) is 25.2. The molecule has 1 unspecified atom stereocenters. The molecule has 1 aromatic rings. The molecule has 29 heavy (non-hydrogen) atoms. The molecule has 1 N–H and O–H groups in total. The zero-order valence-corrected chi connectivity index (χ0v) is 13.3. The van der Waals surface area contributed by atoms with Gasteiger partial charge in [-0.2, -0.15) is 57.1 Å². The Labute approximate surface area is 151 Å². The second-order valence-electron chi connectivity index (χ2n) is 5.74. The quantitative estimate of drug-likeness (QED) is 0.498. The van der Waals surface area contributed by atoms with E-state index >= 15 is 0 Å². The Morgan fingerprint density at radius 1 is 0.655 bits per heavy atom. The molecule has 1 atom stereocenters. The molecule has 0 bridgehead atoms. The fourth-order valence-electron chi connectivity index (χ4n) is 2.03. The normalized spacial score (nSPS) is 16.1. The van der Waals surface area contributed by atoms with Gasteiger partial charge in [0, 0.05) is 12.0 Å². The molecule has 0 aliphatic rings. The summed E-state index contributed by atoms with van der Waals surface area (Å²) in [4.78, 5) is 0. The average Bonchev–Trinajstić information content (AvgIpc) is 2.52. The zero-order valence-electron chi connectivity index (χ0n) is 13.3. The molecule has 1 aromatic carbocycles. The van der Waals surface area contributed by atoms with Crippen LogP contribution < -0.4 is 0 Å². The largest absolute Gasteiger partial charge is 0.460 e. The van der Waals surface area contributed by atoms with E-state index in [1.165, 1.54) is 0 Å². The molecule has 0 saturated heterocycles. The van der Waals surface area contributed by atoms with E-state index < -0.39 is 59.7 Å². The summed E-state index contributed by atoms with van der Waals surface area (Å²) in [5.74, 6) is -39.3. The Morgan fingerprint density at radius 3 is 1.48 bits per heavy atom. The van der Waals surface area contributed by atoms with Gasteiger partial charge in [-0.1, -0.05) is 18.2 Å². The van der Waals surface area contributed by atoms with Crippen molar-refractivity contribution >= 4 is 0 Å². The number of alkyl halides is 13. The van der Waals surface area contributed by atoms with E-state index in [4.69, 9.17) is 0 Å². The molecule has 1 rings (SSSR count). The number of halogens is 14. The van der Waals surface area contributed by atoms with Crippen LogP contribution in [0.4, 0.5) is 61.5 Å². The predicted octanol–water partition coefficient (Wildman–Crippen LogP) is 5.99. The third-order valence-corrected chi connectivity index (χ3v) is 3.71. The van der Waals surface area contributed by atoms with E-state index in [0.717, 1.165) is 12.1 Å². The third kappa shape index (κ3) is 3.84. The van der Waals surface area contributed by atoms with Gasteiger partial charge in [0.25, 0.3) is 0 Å². The summed E-state index contributed by atoms with van der Waals surface area (Å²) in [6.45, 7) is 0. The number of aliphatic hydroxyl groups excluding tert-OH is 1. The van der Waals surface area contributed by atoms with Gasteiger partial charge in [-0.3, -0.25) is 0 Å². The maximum absolute atomic E-state index is 13.6. The lowest BCUT2D eigenvalue weighted by Gasteiger charge is -2.40. The van der Waals surface area contributed by atoms with Crippen molar-refractivity contribution in [2.75, 3.05) is 0 Å². The number of aliphatic hydroxyl groups is 1. The van der Waals surface area contributed by atoms with Gasteiger partial charge in [0.2, 0.25) is 0 Å². The Bertz CT molecular complexity index is 723. The number of benzene rings is 1. The van der Waals surface area contributed by atoms with Crippen molar-refractivity contribution < 1.29 is 66.6 Å². The van der Waals surface area contributed by atoms with Gasteiger partial charge in [0.05, 0.1) is 6.10 Å². The first-order valence-electron chi connectivity index (χ1n) is 7.03. The Balaban J connectivity index is 3.37. The highest BCUT2D eigenvalue weighted by Crippen LogP contribution is 2.61. The molecule has 0 radical (unpaired) electrons. The van der Waals surface area contributed by atoms with Gasteiger partial charge in [-0.05, 0) is 6.07 Å². The molecule has 1 nitrogen and oxygen atoms in total. The second kappa shape index (κ2) is 7.16. The monoisotopic (exact) mass is 458 g/mol. The Morgan fingerprint density at radius 2 is 1.07 bits per heavy atom. The minimum absolute atomic E-state index is 0.501. The predicted molar refractivity (Wildman–Crippen MR) is 66.8 cm³/mol. The Hall–Kier alpha value is -1.80. The smallest absolute Gasteiger partial charge is 0.388 e. The standard InChI is InChI=1S/C14H8F14O/c15-7-4-2-1-3-6(7)8(29)5-9(16,17)10(18,19)11(20,21)12(22,23)13(24,25)14(26,27)28/h1-4,8,29H,5H2. The molecule has 0 spiro atoms. The highest BCUT2D eigenvalue weighted by Gasteiger charge is 2.90. The highest BCUT2D eigenvalue weighted by atomic mass is 19.4. The maximum Gasteiger partial charge on any atom is 0.460 e. The molecular weight excluding hydrogens is 450 g/mol. The SMILES string of the molecule is OC(CC(F)(F)C(F)(F)C(F)(F)C(F)(F)C(F)(F)C(F)(F)F)c1ccccc1F. The van der Waals surface area contributed by atoms with E-state index in [9.17, 15) is 66.6 Å².